The van der Waals surface area contributed by atoms with Gasteiger partial charge in [0.05, 0.1) is 17.0 Å². The Morgan fingerprint density at radius 1 is 1.50 bits per heavy atom. The van der Waals surface area contributed by atoms with Gasteiger partial charge in [0.1, 0.15) is 0 Å². The molecular formula is C12H13BrNO5S-. The maximum absolute atomic E-state index is 12.1. The maximum Gasteiger partial charge on any atom is 0.240 e. The van der Waals surface area contributed by atoms with Crippen molar-refractivity contribution in [1.29, 1.82) is 0 Å². The fourth-order valence-corrected chi connectivity index (χ4v) is 3.42. The number of rotatable bonds is 5. The van der Waals surface area contributed by atoms with Crippen LogP contribution in [0.15, 0.2) is 27.6 Å². The second kappa shape index (κ2) is 6.21. The molecule has 1 saturated heterocycles. The second-order valence-electron chi connectivity index (χ2n) is 4.42. The van der Waals surface area contributed by atoms with Gasteiger partial charge in [0.25, 0.3) is 0 Å². The van der Waals surface area contributed by atoms with E-state index in [-0.39, 0.29) is 27.6 Å². The van der Waals surface area contributed by atoms with Crippen LogP contribution in [-0.4, -0.2) is 33.6 Å². The van der Waals surface area contributed by atoms with E-state index in [2.05, 4.69) is 20.7 Å². The van der Waals surface area contributed by atoms with Gasteiger partial charge in [0, 0.05) is 23.2 Å². The monoisotopic (exact) mass is 362 g/mol. The third kappa shape index (κ3) is 3.57. The van der Waals surface area contributed by atoms with Gasteiger partial charge in [-0.3, -0.25) is 0 Å². The standard InChI is InChI=1S/C12H14BrNO5S/c13-11-4-3-9(6-10(11)12(15)16)20(17,18)14-7-8-2-1-5-19-8/h3-4,6,8,14H,1-2,5,7H2,(H,15,16)/p-1/t8-/m1/s1. The van der Waals surface area contributed by atoms with Gasteiger partial charge in [-0.2, -0.15) is 0 Å². The van der Waals surface area contributed by atoms with Gasteiger partial charge < -0.3 is 14.6 Å². The molecule has 110 valence electrons. The van der Waals surface area contributed by atoms with E-state index in [9.17, 15) is 18.3 Å². The van der Waals surface area contributed by atoms with Crippen LogP contribution >= 0.6 is 15.9 Å². The van der Waals surface area contributed by atoms with E-state index in [1.54, 1.807) is 0 Å². The SMILES string of the molecule is O=C([O-])c1cc(S(=O)(=O)NC[C@H]2CCCO2)ccc1Br. The molecule has 1 N–H and O–H groups in total. The minimum Gasteiger partial charge on any atom is -0.545 e. The fraction of sp³-hybridized carbons (Fsp3) is 0.417. The summed E-state index contributed by atoms with van der Waals surface area (Å²) in [5.41, 5.74) is -0.204. The maximum atomic E-state index is 12.1. The van der Waals surface area contributed by atoms with Gasteiger partial charge in [-0.05, 0) is 31.0 Å². The van der Waals surface area contributed by atoms with E-state index < -0.39 is 16.0 Å². The van der Waals surface area contributed by atoms with Crippen molar-refractivity contribution in [3.8, 4) is 0 Å². The molecule has 1 aromatic carbocycles. The zero-order valence-electron chi connectivity index (χ0n) is 10.5. The molecule has 1 aliphatic heterocycles. The number of benzene rings is 1. The van der Waals surface area contributed by atoms with Crippen LogP contribution in [0.25, 0.3) is 0 Å². The molecule has 0 radical (unpaired) electrons. The molecular weight excluding hydrogens is 350 g/mol. The Labute approximate surface area is 125 Å². The van der Waals surface area contributed by atoms with Crippen LogP contribution in [0.1, 0.15) is 23.2 Å². The van der Waals surface area contributed by atoms with Crippen LogP contribution < -0.4 is 9.83 Å². The van der Waals surface area contributed by atoms with Crippen LogP contribution in [0.3, 0.4) is 0 Å². The zero-order chi connectivity index (χ0) is 14.8. The Hall–Kier alpha value is -0.960. The minimum absolute atomic E-state index is 0.113. The highest BCUT2D eigenvalue weighted by molar-refractivity contribution is 9.10. The number of hydrogen-bond donors (Lipinski definition) is 1. The molecule has 2 rings (SSSR count). The summed E-state index contributed by atoms with van der Waals surface area (Å²) in [6.07, 6.45) is 1.60. The van der Waals surface area contributed by atoms with E-state index in [1.807, 2.05) is 0 Å². The normalized spacial score (nSPS) is 19.1. The zero-order valence-corrected chi connectivity index (χ0v) is 12.9. The minimum atomic E-state index is -3.76. The third-order valence-corrected chi connectivity index (χ3v) is 5.11. The summed E-state index contributed by atoms with van der Waals surface area (Å²) in [6, 6.07) is 3.76. The lowest BCUT2D eigenvalue weighted by Crippen LogP contribution is -2.32. The van der Waals surface area contributed by atoms with Crippen molar-refractivity contribution >= 4 is 31.9 Å². The first-order chi connectivity index (χ1) is 9.40. The summed E-state index contributed by atoms with van der Waals surface area (Å²) in [5.74, 6) is -1.44. The molecule has 0 aliphatic carbocycles. The van der Waals surface area contributed by atoms with E-state index in [1.165, 1.54) is 12.1 Å². The number of carbonyl (C=O) groups excluding carboxylic acids is 1. The summed E-state index contributed by atoms with van der Waals surface area (Å²) >= 11 is 3.03. The van der Waals surface area contributed by atoms with Crippen molar-refractivity contribution in [1.82, 2.24) is 4.72 Å². The molecule has 1 aliphatic rings. The fourth-order valence-electron chi connectivity index (χ4n) is 1.92. The van der Waals surface area contributed by atoms with Gasteiger partial charge in [-0.1, -0.05) is 15.9 Å². The van der Waals surface area contributed by atoms with Crippen molar-refractivity contribution in [3.05, 3.63) is 28.2 Å². The number of carboxylic acid groups (broad SMARTS) is 1. The van der Waals surface area contributed by atoms with Crippen molar-refractivity contribution in [2.75, 3.05) is 13.2 Å². The molecule has 0 bridgehead atoms. The molecule has 0 spiro atoms. The molecule has 20 heavy (non-hydrogen) atoms. The van der Waals surface area contributed by atoms with E-state index in [0.717, 1.165) is 18.9 Å². The highest BCUT2D eigenvalue weighted by Gasteiger charge is 2.21. The molecule has 6 nitrogen and oxygen atoms in total. The van der Waals surface area contributed by atoms with Crippen molar-refractivity contribution in [3.63, 3.8) is 0 Å². The largest absolute Gasteiger partial charge is 0.545 e. The highest BCUT2D eigenvalue weighted by Crippen LogP contribution is 2.21. The van der Waals surface area contributed by atoms with Crippen LogP contribution in [0.5, 0.6) is 0 Å². The predicted molar refractivity (Wildman–Crippen MR) is 72.6 cm³/mol. The first kappa shape index (κ1) is 15.4. The number of aromatic carboxylic acids is 1. The van der Waals surface area contributed by atoms with Gasteiger partial charge in [-0.15, -0.1) is 0 Å². The predicted octanol–water partition coefficient (Wildman–Crippen LogP) is 0.270. The summed E-state index contributed by atoms with van der Waals surface area (Å²) < 4.78 is 32.2. The van der Waals surface area contributed by atoms with Crippen molar-refractivity contribution in [2.45, 2.75) is 23.8 Å². The molecule has 1 fully saturated rings. The van der Waals surface area contributed by atoms with Gasteiger partial charge in [-0.25, -0.2) is 13.1 Å². The molecule has 8 heteroatoms. The molecule has 1 atom stereocenters. The van der Waals surface area contributed by atoms with E-state index in [0.29, 0.717) is 6.61 Å². The number of sulfonamides is 1. The van der Waals surface area contributed by atoms with Crippen LogP contribution in [0.2, 0.25) is 0 Å². The van der Waals surface area contributed by atoms with Gasteiger partial charge in [0.15, 0.2) is 0 Å². The van der Waals surface area contributed by atoms with Crippen LogP contribution in [0, 0.1) is 0 Å². The van der Waals surface area contributed by atoms with E-state index in [4.69, 9.17) is 4.74 Å². The Morgan fingerprint density at radius 2 is 2.25 bits per heavy atom. The molecule has 0 saturated carbocycles. The summed E-state index contributed by atoms with van der Waals surface area (Å²) in [4.78, 5) is 10.8. The number of carbonyl (C=O) groups is 1. The smallest absolute Gasteiger partial charge is 0.240 e. The highest BCUT2D eigenvalue weighted by atomic mass is 79.9. The van der Waals surface area contributed by atoms with Crippen LogP contribution in [0.4, 0.5) is 0 Å². The van der Waals surface area contributed by atoms with Crippen LogP contribution in [-0.2, 0) is 14.8 Å². The Bertz CT molecular complexity index is 610. The molecule has 0 amide bonds. The topological polar surface area (TPSA) is 95.5 Å². The summed E-state index contributed by atoms with van der Waals surface area (Å²) in [6.45, 7) is 0.818. The molecule has 0 aromatic heterocycles. The first-order valence-corrected chi connectivity index (χ1v) is 8.30. The average Bonchev–Trinajstić information content (AvgIpc) is 2.89. The quantitative estimate of drug-likeness (QED) is 0.810. The number of hydrogen-bond acceptors (Lipinski definition) is 5. The van der Waals surface area contributed by atoms with Crippen molar-refractivity contribution < 1.29 is 23.1 Å². The Balaban J connectivity index is 2.16. The summed E-state index contributed by atoms with van der Waals surface area (Å²) in [5, 5.41) is 10.9. The lowest BCUT2D eigenvalue weighted by molar-refractivity contribution is -0.255. The Morgan fingerprint density at radius 3 is 2.85 bits per heavy atom. The lowest BCUT2D eigenvalue weighted by atomic mass is 10.2. The number of ether oxygens (including phenoxy) is 1. The first-order valence-electron chi connectivity index (χ1n) is 6.02. The number of nitrogens with one attached hydrogen (secondary N) is 1. The lowest BCUT2D eigenvalue weighted by Gasteiger charge is -2.13. The summed E-state index contributed by atoms with van der Waals surface area (Å²) in [7, 11) is -3.76. The number of carboxylic acids is 1. The van der Waals surface area contributed by atoms with Gasteiger partial charge >= 0.3 is 0 Å². The van der Waals surface area contributed by atoms with Gasteiger partial charge in [0.2, 0.25) is 10.0 Å². The average molecular weight is 363 g/mol. The number of halogens is 1. The molecule has 0 unspecified atom stereocenters. The third-order valence-electron chi connectivity index (χ3n) is 2.99. The molecule has 1 aromatic rings. The van der Waals surface area contributed by atoms with E-state index >= 15 is 0 Å². The molecule has 1 heterocycles. The Kier molecular flexibility index (Phi) is 4.79. The second-order valence-corrected chi connectivity index (χ2v) is 7.04. The van der Waals surface area contributed by atoms with Crippen molar-refractivity contribution in [2.24, 2.45) is 0 Å².